The predicted octanol–water partition coefficient (Wildman–Crippen LogP) is 7.11. The van der Waals surface area contributed by atoms with Crippen molar-refractivity contribution in [3.8, 4) is 11.5 Å². The molecule has 0 unspecified atom stereocenters. The molecule has 0 radical (unpaired) electrons. The summed E-state index contributed by atoms with van der Waals surface area (Å²) in [4.78, 5) is 0. The van der Waals surface area contributed by atoms with Gasteiger partial charge in [0.05, 0.1) is 0 Å². The SMILES string of the molecule is CCCCCc1c(O)cccc1C(CC)c1cccc(O)c1CCCCC. The third-order valence-electron chi connectivity index (χ3n) is 5.59. The second kappa shape index (κ2) is 11.0. The normalized spacial score (nSPS) is 11.3. The highest BCUT2D eigenvalue weighted by atomic mass is 16.3. The van der Waals surface area contributed by atoms with Crippen molar-refractivity contribution in [3.05, 3.63) is 58.7 Å². The zero-order valence-electron chi connectivity index (χ0n) is 17.3. The molecule has 0 saturated heterocycles. The maximum absolute atomic E-state index is 10.5. The standard InChI is InChI=1S/C25H36O2/c1-4-7-9-13-22-20(15-11-17-24(22)26)19(6-3)21-16-12-18-25(27)23(21)14-10-8-5-2/h11-12,15-19,26-27H,4-10,13-14H2,1-3H3. The van der Waals surface area contributed by atoms with Crippen LogP contribution in [0.4, 0.5) is 0 Å². The Balaban J connectivity index is 2.42. The number of hydrogen-bond donors (Lipinski definition) is 2. The van der Waals surface area contributed by atoms with Gasteiger partial charge in [-0.2, -0.15) is 0 Å². The van der Waals surface area contributed by atoms with E-state index in [9.17, 15) is 10.2 Å². The van der Waals surface area contributed by atoms with Crippen LogP contribution in [0.3, 0.4) is 0 Å². The van der Waals surface area contributed by atoms with Crippen molar-refractivity contribution in [1.29, 1.82) is 0 Å². The van der Waals surface area contributed by atoms with E-state index < -0.39 is 0 Å². The number of benzene rings is 2. The van der Waals surface area contributed by atoms with Crippen LogP contribution in [0, 0.1) is 0 Å². The van der Waals surface area contributed by atoms with Crippen LogP contribution in [0.15, 0.2) is 36.4 Å². The van der Waals surface area contributed by atoms with Crippen molar-refractivity contribution in [3.63, 3.8) is 0 Å². The molecule has 0 saturated carbocycles. The molecule has 0 atom stereocenters. The molecule has 2 heteroatoms. The third-order valence-corrected chi connectivity index (χ3v) is 5.59. The molecule has 0 aliphatic heterocycles. The van der Waals surface area contributed by atoms with Gasteiger partial charge in [0.15, 0.2) is 0 Å². The van der Waals surface area contributed by atoms with Gasteiger partial charge in [-0.1, -0.05) is 70.7 Å². The molecule has 27 heavy (non-hydrogen) atoms. The van der Waals surface area contributed by atoms with Gasteiger partial charge in [0.2, 0.25) is 0 Å². The number of rotatable bonds is 11. The molecule has 0 aliphatic carbocycles. The van der Waals surface area contributed by atoms with Crippen LogP contribution in [0.5, 0.6) is 11.5 Å². The van der Waals surface area contributed by atoms with Crippen molar-refractivity contribution < 1.29 is 10.2 Å². The summed E-state index contributed by atoms with van der Waals surface area (Å²) < 4.78 is 0. The Morgan fingerprint density at radius 2 is 1.11 bits per heavy atom. The molecule has 0 spiro atoms. The number of hydrogen-bond acceptors (Lipinski definition) is 2. The van der Waals surface area contributed by atoms with Crippen LogP contribution in [0.1, 0.15) is 93.9 Å². The van der Waals surface area contributed by atoms with Crippen molar-refractivity contribution in [2.45, 2.75) is 84.5 Å². The second-order valence-corrected chi connectivity index (χ2v) is 7.56. The summed E-state index contributed by atoms with van der Waals surface area (Å²) in [5.74, 6) is 1.03. The lowest BCUT2D eigenvalue weighted by molar-refractivity contribution is 0.462. The minimum absolute atomic E-state index is 0.206. The van der Waals surface area contributed by atoms with E-state index in [0.717, 1.165) is 43.2 Å². The van der Waals surface area contributed by atoms with Gasteiger partial charge >= 0.3 is 0 Å². The molecule has 2 nitrogen and oxygen atoms in total. The Kier molecular flexibility index (Phi) is 8.71. The lowest BCUT2D eigenvalue weighted by Gasteiger charge is -2.24. The first-order chi connectivity index (χ1) is 13.1. The Hall–Kier alpha value is -1.96. The highest BCUT2D eigenvalue weighted by Crippen LogP contribution is 2.39. The fraction of sp³-hybridized carbons (Fsp3) is 0.520. The van der Waals surface area contributed by atoms with Crippen LogP contribution >= 0.6 is 0 Å². The maximum Gasteiger partial charge on any atom is 0.119 e. The summed E-state index contributed by atoms with van der Waals surface area (Å²) in [6.45, 7) is 6.61. The number of aromatic hydroxyl groups is 2. The van der Waals surface area contributed by atoms with Gasteiger partial charge in [-0.25, -0.2) is 0 Å². The van der Waals surface area contributed by atoms with Crippen LogP contribution in [0.25, 0.3) is 0 Å². The minimum Gasteiger partial charge on any atom is -0.508 e. The molecular weight excluding hydrogens is 332 g/mol. The van der Waals surface area contributed by atoms with E-state index in [0.29, 0.717) is 11.5 Å². The molecule has 0 bridgehead atoms. The second-order valence-electron chi connectivity index (χ2n) is 7.56. The van der Waals surface area contributed by atoms with Gasteiger partial charge in [0.25, 0.3) is 0 Å². The summed E-state index contributed by atoms with van der Waals surface area (Å²) in [5, 5.41) is 21.1. The quantitative estimate of drug-likeness (QED) is 0.415. The monoisotopic (exact) mass is 368 g/mol. The zero-order valence-corrected chi connectivity index (χ0v) is 17.3. The first-order valence-corrected chi connectivity index (χ1v) is 10.7. The average molecular weight is 369 g/mol. The molecular formula is C25H36O2. The molecule has 148 valence electrons. The number of phenolic OH excluding ortho intramolecular Hbond substituents is 2. The van der Waals surface area contributed by atoms with E-state index in [1.165, 1.54) is 36.8 Å². The predicted molar refractivity (Wildman–Crippen MR) is 115 cm³/mol. The van der Waals surface area contributed by atoms with Gasteiger partial charge < -0.3 is 10.2 Å². The zero-order chi connectivity index (χ0) is 19.6. The van der Waals surface area contributed by atoms with E-state index in [4.69, 9.17) is 0 Å². The van der Waals surface area contributed by atoms with Crippen molar-refractivity contribution >= 4 is 0 Å². The molecule has 2 N–H and O–H groups in total. The number of unbranched alkanes of at least 4 members (excludes halogenated alkanes) is 4. The average Bonchev–Trinajstić information content (AvgIpc) is 2.66. The Bertz CT molecular complexity index is 646. The van der Waals surface area contributed by atoms with Gasteiger partial charge in [0.1, 0.15) is 11.5 Å². The maximum atomic E-state index is 10.5. The topological polar surface area (TPSA) is 40.5 Å². The molecule has 2 rings (SSSR count). The highest BCUT2D eigenvalue weighted by Gasteiger charge is 2.21. The molecule has 0 heterocycles. The van der Waals surface area contributed by atoms with Gasteiger partial charge in [-0.15, -0.1) is 0 Å². The van der Waals surface area contributed by atoms with Gasteiger partial charge in [0, 0.05) is 5.92 Å². The van der Waals surface area contributed by atoms with Crippen molar-refractivity contribution in [2.75, 3.05) is 0 Å². The summed E-state index contributed by atoms with van der Waals surface area (Å²) in [7, 11) is 0. The van der Waals surface area contributed by atoms with Crippen molar-refractivity contribution in [2.24, 2.45) is 0 Å². The summed E-state index contributed by atoms with van der Waals surface area (Å²) >= 11 is 0. The van der Waals surface area contributed by atoms with Gasteiger partial charge in [-0.05, 0) is 66.5 Å². The van der Waals surface area contributed by atoms with E-state index in [2.05, 4.69) is 32.9 Å². The smallest absolute Gasteiger partial charge is 0.119 e. The molecule has 0 aromatic heterocycles. The molecule has 2 aromatic rings. The lowest BCUT2D eigenvalue weighted by Crippen LogP contribution is -2.08. The molecule has 0 fully saturated rings. The summed E-state index contributed by atoms with van der Waals surface area (Å²) in [6.07, 6.45) is 9.68. The van der Waals surface area contributed by atoms with Gasteiger partial charge in [-0.3, -0.25) is 0 Å². The van der Waals surface area contributed by atoms with E-state index in [1.807, 2.05) is 24.3 Å². The van der Waals surface area contributed by atoms with Crippen LogP contribution < -0.4 is 0 Å². The van der Waals surface area contributed by atoms with E-state index in [1.54, 1.807) is 0 Å². The third kappa shape index (κ3) is 5.51. The molecule has 2 aromatic carbocycles. The van der Waals surface area contributed by atoms with Crippen LogP contribution in [0.2, 0.25) is 0 Å². The Morgan fingerprint density at radius 1 is 0.667 bits per heavy atom. The van der Waals surface area contributed by atoms with E-state index in [-0.39, 0.29) is 5.92 Å². The highest BCUT2D eigenvalue weighted by molar-refractivity contribution is 5.49. The molecule has 0 amide bonds. The Morgan fingerprint density at radius 3 is 1.48 bits per heavy atom. The van der Waals surface area contributed by atoms with Crippen molar-refractivity contribution in [1.82, 2.24) is 0 Å². The van der Waals surface area contributed by atoms with E-state index >= 15 is 0 Å². The first kappa shape index (κ1) is 21.3. The Labute approximate surface area is 165 Å². The fourth-order valence-electron chi connectivity index (χ4n) is 4.09. The fourth-order valence-corrected chi connectivity index (χ4v) is 4.09. The molecule has 0 aliphatic rings. The van der Waals surface area contributed by atoms with Crippen LogP contribution in [-0.2, 0) is 12.8 Å². The first-order valence-electron chi connectivity index (χ1n) is 10.7. The number of phenols is 2. The lowest BCUT2D eigenvalue weighted by atomic mass is 9.81. The largest absolute Gasteiger partial charge is 0.508 e. The van der Waals surface area contributed by atoms with Crippen LogP contribution in [-0.4, -0.2) is 10.2 Å². The summed E-state index contributed by atoms with van der Waals surface area (Å²) in [5.41, 5.74) is 4.60. The summed E-state index contributed by atoms with van der Waals surface area (Å²) in [6, 6.07) is 11.8. The minimum atomic E-state index is 0.206.